The number of carboxylic acid groups (broad SMARTS) is 1. The van der Waals surface area contributed by atoms with E-state index in [-0.39, 0.29) is 77.2 Å². The van der Waals surface area contributed by atoms with Crippen LogP contribution in [0, 0.1) is 24.7 Å². The molecule has 1 saturated carbocycles. The maximum absolute atomic E-state index is 15.0. The molecule has 2 aliphatic rings. The SMILES string of the molecule is Cc1nc(-c2ccc(CC3CC3)cc2)nc(N)c1C(=O)C[C@@H](CNS(N)(=O)=O)C(=O)N(C)[C@@H]1C(=O)C[C@@H](C)C(=O)N[C@H](C(=O)O)Cc2ccc(OC[C@H](O)CN)c(c2)-c2cc1cc(OC[C@H](O)CN)c2O. The number of nitrogen functional groups attached to an aromatic ring is 1. The minimum absolute atomic E-state index is 0.0339. The molecule has 0 saturated heterocycles. The van der Waals surface area contributed by atoms with Gasteiger partial charge in [-0.25, -0.2) is 24.6 Å². The number of aromatic nitrogens is 2. The van der Waals surface area contributed by atoms with Crippen molar-refractivity contribution < 1.29 is 62.3 Å². The van der Waals surface area contributed by atoms with Crippen molar-refractivity contribution in [2.24, 2.45) is 34.4 Å². The third kappa shape index (κ3) is 13.8. The Morgan fingerprint density at radius 3 is 2.17 bits per heavy atom. The fourth-order valence-electron chi connectivity index (χ4n) is 8.25. The van der Waals surface area contributed by atoms with Gasteiger partial charge in [-0.15, -0.1) is 0 Å². The Labute approximate surface area is 410 Å². The van der Waals surface area contributed by atoms with Crippen molar-refractivity contribution >= 4 is 45.4 Å². The Kier molecular flexibility index (Phi) is 17.5. The van der Waals surface area contributed by atoms with Crippen LogP contribution in [-0.4, -0.2) is 131 Å². The molecule has 0 unspecified atom stereocenters. The van der Waals surface area contributed by atoms with Gasteiger partial charge in [-0.1, -0.05) is 37.3 Å². The molecule has 0 radical (unpaired) electrons. The van der Waals surface area contributed by atoms with Gasteiger partial charge in [-0.05, 0) is 73.1 Å². The number of nitrogens with one attached hydrogen (secondary N) is 2. The number of phenols is 1. The van der Waals surface area contributed by atoms with Crippen LogP contribution < -0.4 is 41.9 Å². The lowest BCUT2D eigenvalue weighted by molar-refractivity contribution is -0.143. The number of amides is 2. The van der Waals surface area contributed by atoms with Crippen molar-refractivity contribution in [3.8, 4) is 39.8 Å². The number of aliphatic hydroxyl groups is 2. The van der Waals surface area contributed by atoms with Gasteiger partial charge in [0.1, 0.15) is 49.1 Å². The number of aryl methyl sites for hydroxylation is 1. The van der Waals surface area contributed by atoms with Crippen LogP contribution >= 0.6 is 0 Å². The number of ketones is 2. The number of hydrogen-bond acceptors (Lipinski definition) is 17. The van der Waals surface area contributed by atoms with Crippen LogP contribution in [0.25, 0.3) is 22.5 Å². The highest BCUT2D eigenvalue weighted by Gasteiger charge is 2.38. The average Bonchev–Trinajstić information content (AvgIpc) is 4.14. The summed E-state index contributed by atoms with van der Waals surface area (Å²) in [5, 5.41) is 50.6. The second kappa shape index (κ2) is 23.1. The van der Waals surface area contributed by atoms with Gasteiger partial charge in [0.05, 0.1) is 17.2 Å². The molecule has 382 valence electrons. The van der Waals surface area contributed by atoms with Crippen molar-refractivity contribution in [1.82, 2.24) is 24.9 Å². The van der Waals surface area contributed by atoms with E-state index in [1.807, 2.05) is 24.3 Å². The van der Waals surface area contributed by atoms with Gasteiger partial charge >= 0.3 is 5.97 Å². The van der Waals surface area contributed by atoms with Crippen LogP contribution in [0.15, 0.2) is 54.6 Å². The molecule has 1 fully saturated rings. The van der Waals surface area contributed by atoms with Gasteiger partial charge in [0.25, 0.3) is 10.2 Å². The number of aliphatic hydroxyl groups excluding tert-OH is 2. The lowest BCUT2D eigenvalue weighted by atomic mass is 9.88. The number of benzene rings is 3. The molecular weight excluding hydrogens is 943 g/mol. The minimum atomic E-state index is -4.48. The Hall–Kier alpha value is -6.60. The molecule has 6 atom stereocenters. The van der Waals surface area contributed by atoms with Gasteiger partial charge in [0, 0.05) is 68.6 Å². The maximum atomic E-state index is 15.0. The van der Waals surface area contributed by atoms with Crippen molar-refractivity contribution in [3.05, 3.63) is 82.5 Å². The summed E-state index contributed by atoms with van der Waals surface area (Å²) in [5.74, 6) is -7.65. The monoisotopic (exact) mass is 1000 g/mol. The number of aliphatic carboxylic acids is 1. The van der Waals surface area contributed by atoms with Crippen LogP contribution in [0.4, 0.5) is 5.82 Å². The molecule has 1 aromatic heterocycles. The number of anilines is 1. The second-order valence-electron chi connectivity index (χ2n) is 18.1. The van der Waals surface area contributed by atoms with Crippen molar-refractivity contribution in [2.75, 3.05) is 45.6 Å². The number of nitrogens with zero attached hydrogens (tertiary/aromatic N) is 3. The number of nitrogens with two attached hydrogens (primary N) is 4. The first-order chi connectivity index (χ1) is 33.6. The third-order valence-electron chi connectivity index (χ3n) is 12.3. The van der Waals surface area contributed by atoms with Crippen LogP contribution in [0.1, 0.15) is 71.4 Å². The van der Waals surface area contributed by atoms with Crippen molar-refractivity contribution in [3.63, 3.8) is 0 Å². The summed E-state index contributed by atoms with van der Waals surface area (Å²) >= 11 is 0. The van der Waals surface area contributed by atoms with Crippen molar-refractivity contribution in [1.29, 1.82) is 0 Å². The molecule has 71 heavy (non-hydrogen) atoms. The van der Waals surface area contributed by atoms with E-state index in [1.54, 1.807) is 0 Å². The molecule has 3 aromatic carbocycles. The number of phenolic OH excluding ortho intramolecular Hbond substituents is 1. The third-order valence-corrected chi connectivity index (χ3v) is 12.9. The standard InChI is InChI=1S/C48H61N9O13S/c1-24-12-38(61)42(57(3)47(64)31(21-53-71(52,67)68)17-37(60)41-25(2)54-45(56-44(41)51)29-9-6-27(7-10-29)13-26-4-5-26)30-16-35(43(62)40(18-30)70-23-33(59)20-50)34-14-28(15-36(48(65)66)55-46(24)63)8-11-39(34)69-22-32(58)19-49/h6-11,14,16,18,24,26,31-33,36,42,53,58-59,62H,4-5,12-13,15,17,19-23,49-50H2,1-3H3,(H,55,63)(H,65,66)(H2,51,54,56)(H2,52,67,68)/t24-,31+,32-,33-,36+,42+/m1/s1. The molecule has 1 aliphatic heterocycles. The minimum Gasteiger partial charge on any atom is -0.504 e. The first-order valence-corrected chi connectivity index (χ1v) is 24.5. The number of carbonyl (C=O) groups is 5. The number of hydrogen-bond donors (Lipinski definition) is 10. The lowest BCUT2D eigenvalue weighted by Crippen LogP contribution is -2.46. The number of carbonyl (C=O) groups excluding carboxylic acids is 4. The zero-order valence-corrected chi connectivity index (χ0v) is 40.4. The zero-order chi connectivity index (χ0) is 51.9. The topological polar surface area (TPSA) is 376 Å². The predicted molar refractivity (Wildman–Crippen MR) is 259 cm³/mol. The molecule has 2 amide bonds. The second-order valence-corrected chi connectivity index (χ2v) is 19.5. The van der Waals surface area contributed by atoms with E-state index < -0.39 is 107 Å². The normalized spacial score (nSPS) is 18.6. The number of aromatic hydroxyl groups is 1. The average molecular weight is 1000 g/mol. The molecule has 6 rings (SSSR count). The van der Waals surface area contributed by atoms with E-state index in [2.05, 4.69) is 20.0 Å². The molecule has 0 spiro atoms. The number of ether oxygens (including phenoxy) is 2. The van der Waals surface area contributed by atoms with Gasteiger partial charge < -0.3 is 57.3 Å². The van der Waals surface area contributed by atoms with E-state index in [0.29, 0.717) is 17.0 Å². The summed E-state index contributed by atoms with van der Waals surface area (Å²) < 4.78 is 38.5. The summed E-state index contributed by atoms with van der Waals surface area (Å²) in [6.45, 7) is 0.941. The van der Waals surface area contributed by atoms with Gasteiger partial charge in [0.2, 0.25) is 11.8 Å². The molecule has 4 bridgehead atoms. The molecule has 2 heterocycles. The van der Waals surface area contributed by atoms with E-state index in [4.69, 9.17) is 31.8 Å². The number of likely N-dealkylation sites (N-methyl/N-ethyl adjacent to an activating group) is 1. The number of Topliss-reactive ketones (excluding diaryl/α,β-unsaturated/α-hetero) is 2. The highest BCUT2D eigenvalue weighted by Crippen LogP contribution is 2.45. The van der Waals surface area contributed by atoms with Gasteiger partial charge in [-0.2, -0.15) is 8.42 Å². The van der Waals surface area contributed by atoms with Crippen LogP contribution in [0.5, 0.6) is 17.2 Å². The summed E-state index contributed by atoms with van der Waals surface area (Å²) in [4.78, 5) is 80.1. The van der Waals surface area contributed by atoms with E-state index in [1.165, 1.54) is 64.1 Å². The fraction of sp³-hybridized carbons (Fsp3) is 0.438. The summed E-state index contributed by atoms with van der Waals surface area (Å²) in [6.07, 6.45) is -0.596. The highest BCUT2D eigenvalue weighted by atomic mass is 32.2. The molecule has 22 nitrogen and oxygen atoms in total. The molecule has 1 aliphatic carbocycles. The molecular formula is C48H61N9O13S. The summed E-state index contributed by atoms with van der Waals surface area (Å²) in [5.41, 5.74) is 19.8. The van der Waals surface area contributed by atoms with Crippen LogP contribution in [0.3, 0.4) is 0 Å². The molecule has 23 heteroatoms. The largest absolute Gasteiger partial charge is 0.504 e. The predicted octanol–water partition coefficient (Wildman–Crippen LogP) is 0.659. The lowest BCUT2D eigenvalue weighted by Gasteiger charge is -2.32. The molecule has 4 aromatic rings. The number of rotatable bonds is 20. The smallest absolute Gasteiger partial charge is 0.326 e. The molecule has 14 N–H and O–H groups in total. The Morgan fingerprint density at radius 1 is 0.930 bits per heavy atom. The first-order valence-electron chi connectivity index (χ1n) is 23.0. The van der Waals surface area contributed by atoms with Gasteiger partial charge in [0.15, 0.2) is 28.9 Å². The van der Waals surface area contributed by atoms with Crippen molar-refractivity contribution in [2.45, 2.75) is 76.7 Å². The Morgan fingerprint density at radius 2 is 1.58 bits per heavy atom. The van der Waals surface area contributed by atoms with Gasteiger partial charge in [-0.3, -0.25) is 19.2 Å². The van der Waals surface area contributed by atoms with E-state index in [9.17, 15) is 52.8 Å². The first kappa shape index (κ1) is 53.7. The van der Waals surface area contributed by atoms with E-state index >= 15 is 0 Å². The summed E-state index contributed by atoms with van der Waals surface area (Å²) in [7, 11) is -3.28. The highest BCUT2D eigenvalue weighted by molar-refractivity contribution is 7.87. The Balaban J connectivity index is 1.45. The quantitative estimate of drug-likeness (QED) is 0.0544. The van der Waals surface area contributed by atoms with E-state index in [0.717, 1.165) is 16.9 Å². The Bertz CT molecular complexity index is 2730. The summed E-state index contributed by atoms with van der Waals surface area (Å²) in [6, 6.07) is 11.4. The maximum Gasteiger partial charge on any atom is 0.326 e. The number of carboxylic acids is 1. The zero-order valence-electron chi connectivity index (χ0n) is 39.5. The van der Waals surface area contributed by atoms with Crippen LogP contribution in [0.2, 0.25) is 0 Å². The van der Waals surface area contributed by atoms with Crippen LogP contribution in [-0.2, 0) is 42.2 Å². The fourth-order valence-corrected chi connectivity index (χ4v) is 8.68. The number of fused-ring (bicyclic) bond motifs is 5.